The van der Waals surface area contributed by atoms with Gasteiger partial charge in [0, 0.05) is 23.5 Å². The summed E-state index contributed by atoms with van der Waals surface area (Å²) >= 11 is 5.83. The average molecular weight is 351 g/mol. The third-order valence-electron chi connectivity index (χ3n) is 4.58. The van der Waals surface area contributed by atoms with Gasteiger partial charge in [0.25, 0.3) is 0 Å². The van der Waals surface area contributed by atoms with Crippen molar-refractivity contribution in [3.05, 3.63) is 64.7 Å². The largest absolute Gasteiger partial charge is 0.396 e. The van der Waals surface area contributed by atoms with Crippen LogP contribution in [0.1, 0.15) is 24.0 Å². The highest BCUT2D eigenvalue weighted by molar-refractivity contribution is 7.92. The summed E-state index contributed by atoms with van der Waals surface area (Å²) in [5.41, 5.74) is 2.19. The number of rotatable bonds is 5. The molecule has 0 heterocycles. The number of sulfone groups is 1. The molecule has 1 fully saturated rings. The van der Waals surface area contributed by atoms with Gasteiger partial charge in [-0.3, -0.25) is 0 Å². The fraction of sp³-hybridized carbons (Fsp3) is 0.333. The molecule has 0 radical (unpaired) electrons. The van der Waals surface area contributed by atoms with Crippen LogP contribution in [0.15, 0.2) is 53.4 Å². The summed E-state index contributed by atoms with van der Waals surface area (Å²) in [5, 5.41) is 9.51. The standard InChI is InChI=1S/C18H19ClO3S/c1-2-12-3-5-13(6-4-12)17-16(11-20)18(17)23(21,22)15-9-7-14(19)8-10-15/h3-10,16-18,20H,2,11H2,1H3/t16-,17+,18-/m0/s1. The Hall–Kier alpha value is -1.36. The van der Waals surface area contributed by atoms with E-state index in [1.54, 1.807) is 12.1 Å². The number of benzene rings is 2. The molecule has 1 N–H and O–H groups in total. The van der Waals surface area contributed by atoms with E-state index in [2.05, 4.69) is 6.92 Å². The SMILES string of the molecule is CCc1ccc([C@@H]2[C@H](CO)[C@@H]2S(=O)(=O)c2ccc(Cl)cc2)cc1. The molecule has 1 aliphatic rings. The molecule has 3 nitrogen and oxygen atoms in total. The van der Waals surface area contributed by atoms with Crippen molar-refractivity contribution in [2.45, 2.75) is 29.4 Å². The van der Waals surface area contributed by atoms with Gasteiger partial charge in [-0.25, -0.2) is 8.42 Å². The molecule has 1 saturated carbocycles. The Morgan fingerprint density at radius 1 is 1.04 bits per heavy atom. The van der Waals surface area contributed by atoms with Crippen molar-refractivity contribution in [1.82, 2.24) is 0 Å². The van der Waals surface area contributed by atoms with E-state index in [0.29, 0.717) is 5.02 Å². The van der Waals surface area contributed by atoms with Crippen LogP contribution in [0.25, 0.3) is 0 Å². The zero-order valence-electron chi connectivity index (χ0n) is 12.8. The second-order valence-corrected chi connectivity index (χ2v) is 8.47. The smallest absolute Gasteiger partial charge is 0.182 e. The molecular formula is C18H19ClO3S. The summed E-state index contributed by atoms with van der Waals surface area (Å²) in [7, 11) is -3.48. The molecule has 0 amide bonds. The molecule has 3 atom stereocenters. The lowest BCUT2D eigenvalue weighted by Gasteiger charge is -2.05. The van der Waals surface area contributed by atoms with Crippen molar-refractivity contribution in [1.29, 1.82) is 0 Å². The maximum Gasteiger partial charge on any atom is 0.182 e. The molecule has 23 heavy (non-hydrogen) atoms. The van der Waals surface area contributed by atoms with E-state index in [4.69, 9.17) is 11.6 Å². The minimum absolute atomic E-state index is 0.127. The fourth-order valence-electron chi connectivity index (χ4n) is 3.18. The number of aryl methyl sites for hydroxylation is 1. The van der Waals surface area contributed by atoms with Gasteiger partial charge >= 0.3 is 0 Å². The summed E-state index contributed by atoms with van der Waals surface area (Å²) in [4.78, 5) is 0.262. The summed E-state index contributed by atoms with van der Waals surface area (Å²) in [5.74, 6) is -0.394. The molecule has 2 aromatic carbocycles. The molecule has 1 aliphatic carbocycles. The van der Waals surface area contributed by atoms with Crippen LogP contribution in [0.3, 0.4) is 0 Å². The lowest BCUT2D eigenvalue weighted by Crippen LogP contribution is -2.11. The predicted molar refractivity (Wildman–Crippen MR) is 91.6 cm³/mol. The van der Waals surface area contributed by atoms with Crippen molar-refractivity contribution in [2.75, 3.05) is 6.61 Å². The normalized spacial score (nSPS) is 23.7. The van der Waals surface area contributed by atoms with Gasteiger partial charge in [0.2, 0.25) is 0 Å². The first-order chi connectivity index (χ1) is 11.0. The van der Waals surface area contributed by atoms with Gasteiger partial charge in [0.1, 0.15) is 0 Å². The van der Waals surface area contributed by atoms with Gasteiger partial charge in [0.05, 0.1) is 10.1 Å². The Labute approximate surface area is 141 Å². The summed E-state index contributed by atoms with van der Waals surface area (Å²) in [6.45, 7) is 1.95. The number of halogens is 1. The van der Waals surface area contributed by atoms with Gasteiger partial charge in [0.15, 0.2) is 9.84 Å². The highest BCUT2D eigenvalue weighted by Crippen LogP contribution is 2.53. The highest BCUT2D eigenvalue weighted by atomic mass is 35.5. The molecule has 0 aliphatic heterocycles. The van der Waals surface area contributed by atoms with E-state index in [9.17, 15) is 13.5 Å². The third kappa shape index (κ3) is 3.03. The van der Waals surface area contributed by atoms with E-state index >= 15 is 0 Å². The van der Waals surface area contributed by atoms with Gasteiger partial charge < -0.3 is 5.11 Å². The van der Waals surface area contributed by atoms with Crippen LogP contribution in [0.2, 0.25) is 5.02 Å². The fourth-order valence-corrected chi connectivity index (χ4v) is 5.50. The topological polar surface area (TPSA) is 54.4 Å². The Kier molecular flexibility index (Phi) is 4.50. The van der Waals surface area contributed by atoms with Crippen molar-refractivity contribution >= 4 is 21.4 Å². The molecule has 122 valence electrons. The first kappa shape index (κ1) is 16.5. The van der Waals surface area contributed by atoms with Crippen molar-refractivity contribution in [2.24, 2.45) is 5.92 Å². The number of hydrogen-bond donors (Lipinski definition) is 1. The Balaban J connectivity index is 1.90. The minimum Gasteiger partial charge on any atom is -0.396 e. The zero-order chi connectivity index (χ0) is 16.6. The highest BCUT2D eigenvalue weighted by Gasteiger charge is 2.58. The maximum absolute atomic E-state index is 12.8. The van der Waals surface area contributed by atoms with Crippen LogP contribution in [0.5, 0.6) is 0 Å². The molecule has 0 aromatic heterocycles. The zero-order valence-corrected chi connectivity index (χ0v) is 14.4. The molecular weight excluding hydrogens is 332 g/mol. The maximum atomic E-state index is 12.8. The van der Waals surface area contributed by atoms with Crippen LogP contribution in [0.4, 0.5) is 0 Å². The molecule has 2 aromatic rings. The number of hydrogen-bond acceptors (Lipinski definition) is 3. The van der Waals surface area contributed by atoms with Crippen LogP contribution < -0.4 is 0 Å². The third-order valence-corrected chi connectivity index (χ3v) is 7.12. The number of aliphatic hydroxyl groups excluding tert-OH is 1. The van der Waals surface area contributed by atoms with Crippen molar-refractivity contribution in [3.63, 3.8) is 0 Å². The molecule has 0 saturated heterocycles. The Morgan fingerprint density at radius 2 is 1.65 bits per heavy atom. The second kappa shape index (κ2) is 6.27. The first-order valence-corrected chi connectivity index (χ1v) is 9.60. The van der Waals surface area contributed by atoms with Gasteiger partial charge in [-0.05, 0) is 41.8 Å². The van der Waals surface area contributed by atoms with Crippen LogP contribution in [-0.2, 0) is 16.3 Å². The van der Waals surface area contributed by atoms with E-state index in [-0.39, 0.29) is 23.3 Å². The monoisotopic (exact) mass is 350 g/mol. The molecule has 0 spiro atoms. The second-order valence-electron chi connectivity index (χ2n) is 5.93. The molecule has 5 heteroatoms. The molecule has 0 unspecified atom stereocenters. The average Bonchev–Trinajstić information content (AvgIpc) is 3.31. The predicted octanol–water partition coefficient (Wildman–Crippen LogP) is 3.45. The van der Waals surface area contributed by atoms with Crippen LogP contribution in [-0.4, -0.2) is 25.4 Å². The number of aliphatic hydroxyl groups is 1. The lowest BCUT2D eigenvalue weighted by molar-refractivity contribution is 0.274. The summed E-state index contributed by atoms with van der Waals surface area (Å²) in [6, 6.07) is 14.2. The summed E-state index contributed by atoms with van der Waals surface area (Å²) < 4.78 is 25.7. The summed E-state index contributed by atoms with van der Waals surface area (Å²) in [6.07, 6.45) is 0.945. The van der Waals surface area contributed by atoms with Crippen molar-refractivity contribution in [3.8, 4) is 0 Å². The van der Waals surface area contributed by atoms with Crippen molar-refractivity contribution < 1.29 is 13.5 Å². The van der Waals surface area contributed by atoms with Gasteiger partial charge in [-0.1, -0.05) is 42.8 Å². The Bertz CT molecular complexity index is 782. The lowest BCUT2D eigenvalue weighted by atomic mass is 10.1. The quantitative estimate of drug-likeness (QED) is 0.898. The first-order valence-electron chi connectivity index (χ1n) is 7.68. The molecule has 3 rings (SSSR count). The van der Waals surface area contributed by atoms with E-state index in [1.165, 1.54) is 17.7 Å². The Morgan fingerprint density at radius 3 is 2.17 bits per heavy atom. The van der Waals surface area contributed by atoms with Crippen LogP contribution in [0, 0.1) is 5.92 Å². The van der Waals surface area contributed by atoms with Gasteiger partial charge in [-0.15, -0.1) is 0 Å². The van der Waals surface area contributed by atoms with Crippen LogP contribution >= 0.6 is 11.6 Å². The van der Waals surface area contributed by atoms with E-state index in [1.807, 2.05) is 24.3 Å². The van der Waals surface area contributed by atoms with E-state index < -0.39 is 15.1 Å². The minimum atomic E-state index is -3.48. The van der Waals surface area contributed by atoms with Gasteiger partial charge in [-0.2, -0.15) is 0 Å². The van der Waals surface area contributed by atoms with E-state index in [0.717, 1.165) is 12.0 Å². The molecule has 0 bridgehead atoms.